The maximum Gasteiger partial charge on any atom is 0.494 e. The largest absolute Gasteiger partial charge is 0.494 e. The average Bonchev–Trinajstić information content (AvgIpc) is 2.66. The number of rotatable bonds is 3. The van der Waals surface area contributed by atoms with E-state index in [1.807, 2.05) is 0 Å². The van der Waals surface area contributed by atoms with E-state index < -0.39 is 0 Å². The lowest BCUT2D eigenvalue weighted by Gasteiger charge is -2.32. The van der Waals surface area contributed by atoms with Crippen LogP contribution in [0.2, 0.25) is 0 Å². The van der Waals surface area contributed by atoms with Crippen LogP contribution in [0.15, 0.2) is 36.4 Å². The van der Waals surface area contributed by atoms with Crippen molar-refractivity contribution >= 4 is 23.4 Å². The highest BCUT2D eigenvalue weighted by Gasteiger charge is 2.51. The number of quaternary nitrogens is 1. The van der Waals surface area contributed by atoms with Gasteiger partial charge in [0.1, 0.15) is 6.54 Å². The molecule has 0 unspecified atom stereocenters. The van der Waals surface area contributed by atoms with Crippen molar-refractivity contribution < 1.29 is 13.8 Å². The molecule has 128 valence electrons. The highest BCUT2D eigenvalue weighted by atomic mass is 16.7. The van der Waals surface area contributed by atoms with Crippen LogP contribution >= 0.6 is 0 Å². The summed E-state index contributed by atoms with van der Waals surface area (Å²) in [4.78, 5) is 0. The quantitative estimate of drug-likeness (QED) is 0.636. The molecule has 4 heteroatoms. The van der Waals surface area contributed by atoms with Gasteiger partial charge in [0.05, 0.1) is 32.3 Å². The summed E-state index contributed by atoms with van der Waals surface area (Å²) in [6.07, 6.45) is 0. The van der Waals surface area contributed by atoms with Crippen LogP contribution in [0.4, 0.5) is 0 Å². The first-order chi connectivity index (χ1) is 11.0. The van der Waals surface area contributed by atoms with E-state index in [1.165, 1.54) is 16.3 Å². The minimum Gasteiger partial charge on any atom is -0.399 e. The first kappa shape index (κ1) is 17.5. The van der Waals surface area contributed by atoms with E-state index in [9.17, 15) is 0 Å². The lowest BCUT2D eigenvalue weighted by molar-refractivity contribution is -0.883. The van der Waals surface area contributed by atoms with Gasteiger partial charge in [0.25, 0.3) is 0 Å². The molecule has 2 aromatic carbocycles. The Morgan fingerprint density at radius 3 is 2.08 bits per heavy atom. The molecule has 3 nitrogen and oxygen atoms in total. The molecule has 1 aliphatic heterocycles. The molecule has 0 atom stereocenters. The second kappa shape index (κ2) is 5.58. The SMILES string of the molecule is CC1(C)OB(c2cc(C[N+](C)(C)C)c3ccccc3c2)OC1(C)C. The molecule has 3 rings (SSSR count). The Balaban J connectivity index is 2.07. The van der Waals surface area contributed by atoms with Gasteiger partial charge in [-0.2, -0.15) is 0 Å². The van der Waals surface area contributed by atoms with Crippen molar-refractivity contribution in [3.05, 3.63) is 42.0 Å². The van der Waals surface area contributed by atoms with Gasteiger partial charge in [-0.05, 0) is 43.9 Å². The summed E-state index contributed by atoms with van der Waals surface area (Å²) in [6.45, 7) is 9.36. The lowest BCUT2D eigenvalue weighted by Crippen LogP contribution is -2.41. The highest BCUT2D eigenvalue weighted by Crippen LogP contribution is 2.36. The van der Waals surface area contributed by atoms with E-state index >= 15 is 0 Å². The monoisotopic (exact) mass is 326 g/mol. The van der Waals surface area contributed by atoms with Gasteiger partial charge in [0.15, 0.2) is 0 Å². The summed E-state index contributed by atoms with van der Waals surface area (Å²) >= 11 is 0. The predicted octanol–water partition coefficient (Wildman–Crippen LogP) is 3.35. The first-order valence-electron chi connectivity index (χ1n) is 8.66. The van der Waals surface area contributed by atoms with Gasteiger partial charge < -0.3 is 13.8 Å². The molecule has 0 aromatic heterocycles. The molecule has 1 saturated heterocycles. The standard InChI is InChI=1S/C20H29BNO2/c1-19(2)20(3,4)24-21(23-19)17-12-15-10-8-9-11-18(15)16(13-17)14-22(5,6)7/h8-13H,14H2,1-7H3/q+1. The van der Waals surface area contributed by atoms with Gasteiger partial charge in [0.2, 0.25) is 0 Å². The lowest BCUT2D eigenvalue weighted by atomic mass is 9.77. The van der Waals surface area contributed by atoms with Crippen LogP contribution < -0.4 is 5.46 Å². The van der Waals surface area contributed by atoms with Gasteiger partial charge in [-0.3, -0.25) is 0 Å². The van der Waals surface area contributed by atoms with E-state index in [1.54, 1.807) is 0 Å². The number of fused-ring (bicyclic) bond motifs is 1. The third-order valence-electron chi connectivity index (χ3n) is 5.14. The predicted molar refractivity (Wildman–Crippen MR) is 101 cm³/mol. The van der Waals surface area contributed by atoms with Crippen molar-refractivity contribution in [1.82, 2.24) is 0 Å². The third-order valence-corrected chi connectivity index (χ3v) is 5.14. The Hall–Kier alpha value is -1.36. The van der Waals surface area contributed by atoms with Crippen molar-refractivity contribution in [3.63, 3.8) is 0 Å². The van der Waals surface area contributed by atoms with E-state index in [0.717, 1.165) is 16.5 Å². The van der Waals surface area contributed by atoms with E-state index in [0.29, 0.717) is 0 Å². The molecule has 0 amide bonds. The number of hydrogen-bond donors (Lipinski definition) is 0. The maximum atomic E-state index is 6.26. The fourth-order valence-electron chi connectivity index (χ4n) is 3.17. The van der Waals surface area contributed by atoms with E-state index in [2.05, 4.69) is 85.2 Å². The van der Waals surface area contributed by atoms with Crippen LogP contribution in [-0.4, -0.2) is 43.9 Å². The molecular formula is C20H29BNO2+. The molecule has 1 aliphatic rings. The van der Waals surface area contributed by atoms with Crippen LogP contribution in [0.5, 0.6) is 0 Å². The molecule has 0 aliphatic carbocycles. The summed E-state index contributed by atoms with van der Waals surface area (Å²) < 4.78 is 13.4. The van der Waals surface area contributed by atoms with E-state index in [4.69, 9.17) is 9.31 Å². The minimum atomic E-state index is -0.316. The molecule has 1 fully saturated rings. The zero-order chi connectivity index (χ0) is 17.8. The van der Waals surface area contributed by atoms with Crippen molar-refractivity contribution in [2.75, 3.05) is 21.1 Å². The smallest absolute Gasteiger partial charge is 0.399 e. The topological polar surface area (TPSA) is 18.5 Å². The van der Waals surface area contributed by atoms with Crippen molar-refractivity contribution in [3.8, 4) is 0 Å². The third kappa shape index (κ3) is 3.23. The second-order valence-electron chi connectivity index (χ2n) is 8.94. The molecule has 0 radical (unpaired) electrons. The molecule has 0 bridgehead atoms. The van der Waals surface area contributed by atoms with Crippen molar-refractivity contribution in [2.45, 2.75) is 45.4 Å². The summed E-state index contributed by atoms with van der Waals surface area (Å²) in [5, 5.41) is 2.55. The maximum absolute atomic E-state index is 6.26. The Kier molecular flexibility index (Phi) is 4.06. The van der Waals surface area contributed by atoms with Crippen LogP contribution in [0, 0.1) is 0 Å². The molecule has 24 heavy (non-hydrogen) atoms. The zero-order valence-corrected chi connectivity index (χ0v) is 16.0. The summed E-state index contributed by atoms with van der Waals surface area (Å²) in [7, 11) is 6.34. The fraction of sp³-hybridized carbons (Fsp3) is 0.500. The molecular weight excluding hydrogens is 297 g/mol. The molecule has 1 heterocycles. The zero-order valence-electron chi connectivity index (χ0n) is 16.0. The van der Waals surface area contributed by atoms with Gasteiger partial charge in [0, 0.05) is 5.56 Å². The number of nitrogens with zero attached hydrogens (tertiary/aromatic N) is 1. The average molecular weight is 326 g/mol. The Bertz CT molecular complexity index is 746. The molecule has 0 N–H and O–H groups in total. The molecule has 0 saturated carbocycles. The van der Waals surface area contributed by atoms with Crippen LogP contribution in [0.25, 0.3) is 10.8 Å². The summed E-state index contributed by atoms with van der Waals surface area (Å²) in [5.74, 6) is 0. The first-order valence-corrected chi connectivity index (χ1v) is 8.66. The van der Waals surface area contributed by atoms with Crippen molar-refractivity contribution in [2.24, 2.45) is 0 Å². The van der Waals surface area contributed by atoms with Gasteiger partial charge >= 0.3 is 7.12 Å². The number of benzene rings is 2. The minimum absolute atomic E-state index is 0.314. The fourth-order valence-corrected chi connectivity index (χ4v) is 3.17. The normalized spacial score (nSPS) is 19.9. The van der Waals surface area contributed by atoms with Crippen molar-refractivity contribution in [1.29, 1.82) is 0 Å². The number of hydrogen-bond acceptors (Lipinski definition) is 2. The van der Waals surface area contributed by atoms with Crippen LogP contribution in [-0.2, 0) is 15.9 Å². The molecule has 2 aromatic rings. The Morgan fingerprint density at radius 1 is 0.917 bits per heavy atom. The Labute approximate surface area is 146 Å². The van der Waals surface area contributed by atoms with Crippen LogP contribution in [0.3, 0.4) is 0 Å². The van der Waals surface area contributed by atoms with Gasteiger partial charge in [-0.1, -0.05) is 36.4 Å². The highest BCUT2D eigenvalue weighted by molar-refractivity contribution is 6.62. The van der Waals surface area contributed by atoms with Gasteiger partial charge in [-0.25, -0.2) is 0 Å². The summed E-state index contributed by atoms with van der Waals surface area (Å²) in [6, 6.07) is 13.0. The molecule has 0 spiro atoms. The van der Waals surface area contributed by atoms with Crippen LogP contribution in [0.1, 0.15) is 33.3 Å². The summed E-state index contributed by atoms with van der Waals surface area (Å²) in [5.41, 5.74) is 1.81. The second-order valence-corrected chi connectivity index (χ2v) is 8.94. The Morgan fingerprint density at radius 2 is 1.50 bits per heavy atom. The van der Waals surface area contributed by atoms with E-state index in [-0.39, 0.29) is 18.3 Å². The van der Waals surface area contributed by atoms with Gasteiger partial charge in [-0.15, -0.1) is 0 Å².